The van der Waals surface area contributed by atoms with Crippen LogP contribution < -0.4 is 16.4 Å². The topological polar surface area (TPSA) is 50.1 Å². The Labute approximate surface area is 184 Å². The van der Waals surface area contributed by atoms with Crippen LogP contribution in [0.25, 0.3) is 5.70 Å². The van der Waals surface area contributed by atoms with Crippen LogP contribution in [0.15, 0.2) is 61.2 Å². The first-order chi connectivity index (χ1) is 14.3. The van der Waals surface area contributed by atoms with Crippen molar-refractivity contribution in [3.63, 3.8) is 0 Å². The number of rotatable bonds is 7. The van der Waals surface area contributed by atoms with Crippen molar-refractivity contribution in [1.29, 1.82) is 0 Å². The van der Waals surface area contributed by atoms with Crippen LogP contribution in [0, 0.1) is 18.6 Å². The molecule has 0 saturated carbocycles. The Hall–Kier alpha value is -2.60. The number of para-hydroxylation sites is 1. The summed E-state index contributed by atoms with van der Waals surface area (Å²) < 4.78 is 27.8. The number of nitrogens with two attached hydrogens (primary N) is 1. The second-order valence-corrected chi connectivity index (χ2v) is 7.71. The van der Waals surface area contributed by atoms with E-state index in [2.05, 4.69) is 17.2 Å². The number of hydrogen-bond donors (Lipinski definition) is 3. The Kier molecular flexibility index (Phi) is 6.98. The van der Waals surface area contributed by atoms with Gasteiger partial charge in [-0.25, -0.2) is 8.78 Å². The molecule has 3 aromatic rings. The standard InChI is InChI=1S/C23H21Cl2F2N3/c1-13-19(10-17(26)11-21(13)27)14(2)30-23(18-5-3-4-6-22(18)28)29-12-15-7-8-16(24)9-20(15)25/h3-11,23,29-30H,2,12,28H2,1H3. The fourth-order valence-electron chi connectivity index (χ4n) is 3.10. The smallest absolute Gasteiger partial charge is 0.129 e. The van der Waals surface area contributed by atoms with Crippen LogP contribution >= 0.6 is 23.2 Å². The molecular weight excluding hydrogens is 427 g/mol. The van der Waals surface area contributed by atoms with Gasteiger partial charge in [-0.1, -0.05) is 54.0 Å². The van der Waals surface area contributed by atoms with E-state index >= 15 is 0 Å². The van der Waals surface area contributed by atoms with Crippen molar-refractivity contribution in [1.82, 2.24) is 10.6 Å². The summed E-state index contributed by atoms with van der Waals surface area (Å²) in [5, 5.41) is 7.60. The van der Waals surface area contributed by atoms with E-state index in [1.54, 1.807) is 25.1 Å². The second kappa shape index (κ2) is 9.47. The Bertz CT molecular complexity index is 1090. The Morgan fingerprint density at radius 3 is 2.53 bits per heavy atom. The fourth-order valence-corrected chi connectivity index (χ4v) is 3.58. The highest BCUT2D eigenvalue weighted by Gasteiger charge is 2.18. The molecular formula is C23H21Cl2F2N3. The van der Waals surface area contributed by atoms with Crippen LogP contribution in [0.1, 0.15) is 28.4 Å². The van der Waals surface area contributed by atoms with Gasteiger partial charge in [0.25, 0.3) is 0 Å². The third-order valence-corrected chi connectivity index (χ3v) is 5.36. The summed E-state index contributed by atoms with van der Waals surface area (Å²) in [6, 6.07) is 14.6. The molecule has 3 nitrogen and oxygen atoms in total. The summed E-state index contributed by atoms with van der Waals surface area (Å²) in [5.41, 5.74) is 9.31. The van der Waals surface area contributed by atoms with Crippen molar-refractivity contribution in [2.75, 3.05) is 5.73 Å². The van der Waals surface area contributed by atoms with Gasteiger partial charge in [-0.15, -0.1) is 0 Å². The third-order valence-electron chi connectivity index (χ3n) is 4.77. The van der Waals surface area contributed by atoms with E-state index in [1.807, 2.05) is 24.3 Å². The van der Waals surface area contributed by atoms with Crippen molar-refractivity contribution >= 4 is 34.6 Å². The van der Waals surface area contributed by atoms with E-state index in [4.69, 9.17) is 28.9 Å². The van der Waals surface area contributed by atoms with Crippen LogP contribution in [-0.4, -0.2) is 0 Å². The highest BCUT2D eigenvalue weighted by molar-refractivity contribution is 6.35. The molecule has 3 aromatic carbocycles. The molecule has 0 heterocycles. The number of nitrogen functional groups attached to an aromatic ring is 1. The third kappa shape index (κ3) is 5.11. The van der Waals surface area contributed by atoms with Crippen LogP contribution in [0.4, 0.5) is 14.5 Å². The minimum Gasteiger partial charge on any atom is -0.398 e. The largest absolute Gasteiger partial charge is 0.398 e. The quantitative estimate of drug-likeness (QED) is 0.298. The second-order valence-electron chi connectivity index (χ2n) is 6.86. The van der Waals surface area contributed by atoms with Gasteiger partial charge >= 0.3 is 0 Å². The molecule has 0 fully saturated rings. The van der Waals surface area contributed by atoms with Crippen molar-refractivity contribution in [3.8, 4) is 0 Å². The molecule has 1 atom stereocenters. The lowest BCUT2D eigenvalue weighted by Crippen LogP contribution is -2.33. The molecule has 0 aliphatic heterocycles. The summed E-state index contributed by atoms with van der Waals surface area (Å²) in [4.78, 5) is 0. The number of benzene rings is 3. The molecule has 7 heteroatoms. The van der Waals surface area contributed by atoms with E-state index in [1.165, 1.54) is 6.07 Å². The summed E-state index contributed by atoms with van der Waals surface area (Å²) in [7, 11) is 0. The zero-order valence-electron chi connectivity index (χ0n) is 16.3. The van der Waals surface area contributed by atoms with Gasteiger partial charge in [-0.3, -0.25) is 5.32 Å². The van der Waals surface area contributed by atoms with Gasteiger partial charge in [0.05, 0.1) is 0 Å². The van der Waals surface area contributed by atoms with Crippen LogP contribution in [0.2, 0.25) is 10.0 Å². The van der Waals surface area contributed by atoms with Gasteiger partial charge < -0.3 is 11.1 Å². The summed E-state index contributed by atoms with van der Waals surface area (Å²) in [5.74, 6) is -1.31. The maximum Gasteiger partial charge on any atom is 0.129 e. The molecule has 0 radical (unpaired) electrons. The van der Waals surface area contributed by atoms with Crippen LogP contribution in [0.5, 0.6) is 0 Å². The van der Waals surface area contributed by atoms with Crippen molar-refractivity contribution < 1.29 is 8.78 Å². The zero-order valence-corrected chi connectivity index (χ0v) is 17.8. The van der Waals surface area contributed by atoms with Gasteiger partial charge in [-0.05, 0) is 42.3 Å². The molecule has 156 valence electrons. The first-order valence-electron chi connectivity index (χ1n) is 9.19. The molecule has 0 saturated heterocycles. The number of halogens is 4. The van der Waals surface area contributed by atoms with Crippen molar-refractivity contribution in [2.24, 2.45) is 0 Å². The van der Waals surface area contributed by atoms with E-state index in [0.717, 1.165) is 17.2 Å². The summed E-state index contributed by atoms with van der Waals surface area (Å²) in [6.07, 6.45) is -0.490. The van der Waals surface area contributed by atoms with E-state index in [0.29, 0.717) is 39.1 Å². The lowest BCUT2D eigenvalue weighted by Gasteiger charge is -2.25. The number of nitrogens with one attached hydrogen (secondary N) is 2. The molecule has 30 heavy (non-hydrogen) atoms. The van der Waals surface area contributed by atoms with E-state index < -0.39 is 17.8 Å². The predicted octanol–water partition coefficient (Wildman–Crippen LogP) is 6.21. The van der Waals surface area contributed by atoms with Crippen LogP contribution in [-0.2, 0) is 6.54 Å². The number of anilines is 1. The lowest BCUT2D eigenvalue weighted by atomic mass is 10.0. The monoisotopic (exact) mass is 447 g/mol. The van der Waals surface area contributed by atoms with Gasteiger partial charge in [0.2, 0.25) is 0 Å². The zero-order chi connectivity index (χ0) is 21.8. The van der Waals surface area contributed by atoms with Crippen molar-refractivity contribution in [2.45, 2.75) is 19.6 Å². The Morgan fingerprint density at radius 2 is 1.83 bits per heavy atom. The first-order valence-corrected chi connectivity index (χ1v) is 9.95. The Balaban J connectivity index is 1.88. The average molecular weight is 448 g/mol. The Morgan fingerprint density at radius 1 is 1.10 bits per heavy atom. The molecule has 0 aromatic heterocycles. The lowest BCUT2D eigenvalue weighted by molar-refractivity contribution is 0.498. The molecule has 4 N–H and O–H groups in total. The normalized spacial score (nSPS) is 11.9. The molecule has 1 unspecified atom stereocenters. The minimum absolute atomic E-state index is 0.300. The average Bonchev–Trinajstić information content (AvgIpc) is 2.69. The molecule has 0 bridgehead atoms. The molecule has 0 spiro atoms. The summed E-state index contributed by atoms with van der Waals surface area (Å²) >= 11 is 12.2. The highest BCUT2D eigenvalue weighted by atomic mass is 35.5. The maximum atomic E-state index is 14.0. The van der Waals surface area contributed by atoms with Gasteiger partial charge in [0.1, 0.15) is 17.8 Å². The van der Waals surface area contributed by atoms with Gasteiger partial charge in [0.15, 0.2) is 0 Å². The highest BCUT2D eigenvalue weighted by Crippen LogP contribution is 2.26. The first kappa shape index (κ1) is 22.1. The maximum absolute atomic E-state index is 14.0. The molecule has 3 rings (SSSR count). The molecule has 0 aliphatic rings. The van der Waals surface area contributed by atoms with Crippen molar-refractivity contribution in [3.05, 3.63) is 105 Å². The van der Waals surface area contributed by atoms with E-state index in [9.17, 15) is 8.78 Å². The SMILES string of the molecule is C=C(NC(NCc1ccc(Cl)cc1Cl)c1ccccc1N)c1cc(F)cc(F)c1C. The fraction of sp³-hybridized carbons (Fsp3) is 0.130. The predicted molar refractivity (Wildman–Crippen MR) is 120 cm³/mol. The van der Waals surface area contributed by atoms with Gasteiger partial charge in [-0.2, -0.15) is 0 Å². The van der Waals surface area contributed by atoms with Crippen LogP contribution in [0.3, 0.4) is 0 Å². The summed E-state index contributed by atoms with van der Waals surface area (Å²) in [6.45, 7) is 5.95. The number of hydrogen-bond acceptors (Lipinski definition) is 3. The molecule has 0 aliphatic carbocycles. The molecule has 0 amide bonds. The van der Waals surface area contributed by atoms with Gasteiger partial charge in [0, 0.05) is 45.2 Å². The minimum atomic E-state index is -0.673. The van der Waals surface area contributed by atoms with E-state index in [-0.39, 0.29) is 0 Å².